The van der Waals surface area contributed by atoms with Crippen LogP contribution in [0.3, 0.4) is 0 Å². The van der Waals surface area contributed by atoms with Gasteiger partial charge in [0.15, 0.2) is 0 Å². The highest BCUT2D eigenvalue weighted by atomic mass is 35.5. The first-order valence-electron chi connectivity index (χ1n) is 6.42. The number of ether oxygens (including phenoxy) is 2. The van der Waals surface area contributed by atoms with Gasteiger partial charge in [-0.15, -0.1) is 0 Å². The number of aryl methyl sites for hydroxylation is 1. The molecule has 1 N–H and O–H groups in total. The lowest BCUT2D eigenvalue weighted by atomic mass is 10.2. The first kappa shape index (κ1) is 15.6. The lowest BCUT2D eigenvalue weighted by Crippen LogP contribution is -2.12. The summed E-state index contributed by atoms with van der Waals surface area (Å²) in [4.78, 5) is 0. The standard InChI is InChI=1S/C16H16ClNO2S/c1-11-7-8-15(13(17)9-11)20-10-12-5-3-4-6-14(12)18-16(21)19-2/h3-9H,10H2,1-2H3,(H,18,21). The molecule has 0 radical (unpaired) electrons. The summed E-state index contributed by atoms with van der Waals surface area (Å²) in [7, 11) is 1.53. The van der Waals surface area contributed by atoms with Crippen molar-refractivity contribution in [3.05, 3.63) is 58.6 Å². The van der Waals surface area contributed by atoms with E-state index in [0.29, 0.717) is 22.6 Å². The van der Waals surface area contributed by atoms with Crippen LogP contribution >= 0.6 is 23.8 Å². The van der Waals surface area contributed by atoms with E-state index >= 15 is 0 Å². The fourth-order valence-electron chi connectivity index (χ4n) is 1.81. The van der Waals surface area contributed by atoms with Gasteiger partial charge in [-0.05, 0) is 42.9 Å². The van der Waals surface area contributed by atoms with Crippen LogP contribution in [0.4, 0.5) is 5.69 Å². The van der Waals surface area contributed by atoms with Crippen molar-refractivity contribution in [2.75, 3.05) is 12.4 Å². The van der Waals surface area contributed by atoms with Gasteiger partial charge in [0, 0.05) is 11.3 Å². The van der Waals surface area contributed by atoms with Crippen LogP contribution in [-0.2, 0) is 11.3 Å². The molecule has 2 aromatic carbocycles. The van der Waals surface area contributed by atoms with Crippen molar-refractivity contribution in [1.82, 2.24) is 0 Å². The number of thiocarbonyl (C=S) groups is 1. The SMILES string of the molecule is COC(=S)Nc1ccccc1COc1ccc(C)cc1Cl. The Balaban J connectivity index is 2.11. The van der Waals surface area contributed by atoms with E-state index < -0.39 is 0 Å². The van der Waals surface area contributed by atoms with Gasteiger partial charge in [0.2, 0.25) is 0 Å². The number of nitrogens with one attached hydrogen (secondary N) is 1. The van der Waals surface area contributed by atoms with Gasteiger partial charge in [-0.2, -0.15) is 0 Å². The van der Waals surface area contributed by atoms with Crippen molar-refractivity contribution in [2.45, 2.75) is 13.5 Å². The Kier molecular flexibility index (Phi) is 5.42. The molecule has 0 aliphatic carbocycles. The average Bonchev–Trinajstić information content (AvgIpc) is 2.47. The molecule has 5 heteroatoms. The zero-order valence-electron chi connectivity index (χ0n) is 11.9. The molecule has 0 bridgehead atoms. The highest BCUT2D eigenvalue weighted by Crippen LogP contribution is 2.27. The Bertz CT molecular complexity index is 646. The molecule has 0 saturated carbocycles. The minimum absolute atomic E-state index is 0.316. The number of anilines is 1. The fraction of sp³-hybridized carbons (Fsp3) is 0.188. The zero-order valence-corrected chi connectivity index (χ0v) is 13.4. The lowest BCUT2D eigenvalue weighted by molar-refractivity contribution is 0.307. The van der Waals surface area contributed by atoms with E-state index in [0.717, 1.165) is 16.8 Å². The molecule has 0 heterocycles. The minimum atomic E-state index is 0.316. The summed E-state index contributed by atoms with van der Waals surface area (Å²) in [5.41, 5.74) is 2.92. The molecule has 0 aromatic heterocycles. The number of halogens is 1. The molecule has 0 atom stereocenters. The summed E-state index contributed by atoms with van der Waals surface area (Å²) in [6.07, 6.45) is 0. The third-order valence-electron chi connectivity index (χ3n) is 2.91. The van der Waals surface area contributed by atoms with Crippen LogP contribution in [0.1, 0.15) is 11.1 Å². The van der Waals surface area contributed by atoms with Gasteiger partial charge in [0.05, 0.1) is 12.1 Å². The summed E-state index contributed by atoms with van der Waals surface area (Å²) in [6, 6.07) is 13.4. The second-order valence-corrected chi connectivity index (χ2v) is 5.27. The van der Waals surface area contributed by atoms with Crippen molar-refractivity contribution in [2.24, 2.45) is 0 Å². The Morgan fingerprint density at radius 1 is 1.24 bits per heavy atom. The smallest absolute Gasteiger partial charge is 0.260 e. The lowest BCUT2D eigenvalue weighted by Gasteiger charge is -2.13. The number of hydrogen-bond acceptors (Lipinski definition) is 3. The van der Waals surface area contributed by atoms with Crippen molar-refractivity contribution in [3.63, 3.8) is 0 Å². The highest BCUT2D eigenvalue weighted by molar-refractivity contribution is 7.80. The third kappa shape index (κ3) is 4.34. The molecule has 110 valence electrons. The van der Waals surface area contributed by atoms with E-state index in [9.17, 15) is 0 Å². The average molecular weight is 322 g/mol. The van der Waals surface area contributed by atoms with Gasteiger partial charge < -0.3 is 14.8 Å². The third-order valence-corrected chi connectivity index (χ3v) is 3.47. The monoisotopic (exact) mass is 321 g/mol. The maximum absolute atomic E-state index is 6.16. The topological polar surface area (TPSA) is 30.5 Å². The fourth-order valence-corrected chi connectivity index (χ4v) is 2.21. The summed E-state index contributed by atoms with van der Waals surface area (Å²) in [5, 5.41) is 3.94. The second-order valence-electron chi connectivity index (χ2n) is 4.50. The molecular weight excluding hydrogens is 306 g/mol. The van der Waals surface area contributed by atoms with Gasteiger partial charge in [0.25, 0.3) is 5.17 Å². The number of para-hydroxylation sites is 1. The molecule has 21 heavy (non-hydrogen) atoms. The van der Waals surface area contributed by atoms with Crippen molar-refractivity contribution in [1.29, 1.82) is 0 Å². The van der Waals surface area contributed by atoms with Crippen LogP contribution in [0.25, 0.3) is 0 Å². The molecule has 0 saturated heterocycles. The van der Waals surface area contributed by atoms with E-state index in [1.807, 2.05) is 49.4 Å². The molecule has 0 aliphatic rings. The second kappa shape index (κ2) is 7.29. The molecule has 0 aliphatic heterocycles. The van der Waals surface area contributed by atoms with E-state index in [4.69, 9.17) is 33.3 Å². The summed E-state index contributed by atoms with van der Waals surface area (Å²) in [6.45, 7) is 2.37. The van der Waals surface area contributed by atoms with Crippen LogP contribution in [0.5, 0.6) is 5.75 Å². The molecule has 2 aromatic rings. The zero-order chi connectivity index (χ0) is 15.2. The number of methoxy groups -OCH3 is 1. The molecule has 0 amide bonds. The van der Waals surface area contributed by atoms with Crippen LogP contribution in [0.15, 0.2) is 42.5 Å². The molecular formula is C16H16ClNO2S. The number of benzene rings is 2. The molecule has 0 unspecified atom stereocenters. The van der Waals surface area contributed by atoms with E-state index in [2.05, 4.69) is 5.32 Å². The molecule has 3 nitrogen and oxygen atoms in total. The van der Waals surface area contributed by atoms with E-state index in [1.165, 1.54) is 7.11 Å². The van der Waals surface area contributed by atoms with E-state index in [1.54, 1.807) is 0 Å². The van der Waals surface area contributed by atoms with Crippen LogP contribution < -0.4 is 10.1 Å². The van der Waals surface area contributed by atoms with Crippen molar-refractivity contribution < 1.29 is 9.47 Å². The predicted molar refractivity (Wildman–Crippen MR) is 90.2 cm³/mol. The Hall–Kier alpha value is -1.78. The molecule has 0 fully saturated rings. The maximum Gasteiger partial charge on any atom is 0.260 e. The van der Waals surface area contributed by atoms with Gasteiger partial charge in [-0.25, -0.2) is 0 Å². The van der Waals surface area contributed by atoms with Crippen molar-refractivity contribution >= 4 is 34.7 Å². The van der Waals surface area contributed by atoms with Gasteiger partial charge in [-0.3, -0.25) is 0 Å². The quantitative estimate of drug-likeness (QED) is 0.836. The predicted octanol–water partition coefficient (Wildman–Crippen LogP) is 4.57. The van der Waals surface area contributed by atoms with Crippen LogP contribution in [0.2, 0.25) is 5.02 Å². The first-order chi connectivity index (χ1) is 10.1. The Morgan fingerprint density at radius 3 is 2.71 bits per heavy atom. The largest absolute Gasteiger partial charge is 0.487 e. The Labute approximate surface area is 134 Å². The number of rotatable bonds is 4. The summed E-state index contributed by atoms with van der Waals surface area (Å²) >= 11 is 11.2. The van der Waals surface area contributed by atoms with Crippen LogP contribution in [-0.4, -0.2) is 12.3 Å². The van der Waals surface area contributed by atoms with Gasteiger partial charge in [0.1, 0.15) is 12.4 Å². The van der Waals surface area contributed by atoms with Crippen LogP contribution in [0, 0.1) is 6.92 Å². The maximum atomic E-state index is 6.16. The highest BCUT2D eigenvalue weighted by Gasteiger charge is 2.06. The van der Waals surface area contributed by atoms with Gasteiger partial charge >= 0.3 is 0 Å². The summed E-state index contributed by atoms with van der Waals surface area (Å²) in [5.74, 6) is 0.659. The molecule has 0 spiro atoms. The number of hydrogen-bond donors (Lipinski definition) is 1. The first-order valence-corrected chi connectivity index (χ1v) is 7.20. The molecule has 2 rings (SSSR count). The Morgan fingerprint density at radius 2 is 2.00 bits per heavy atom. The van der Waals surface area contributed by atoms with Gasteiger partial charge in [-0.1, -0.05) is 35.9 Å². The normalized spacial score (nSPS) is 10.0. The minimum Gasteiger partial charge on any atom is -0.487 e. The summed E-state index contributed by atoms with van der Waals surface area (Å²) < 4.78 is 10.7. The van der Waals surface area contributed by atoms with E-state index in [-0.39, 0.29) is 0 Å². The van der Waals surface area contributed by atoms with Crippen molar-refractivity contribution in [3.8, 4) is 5.75 Å².